The Bertz CT molecular complexity index is 411. The van der Waals surface area contributed by atoms with Crippen molar-refractivity contribution < 1.29 is 9.90 Å². The lowest BCUT2D eigenvalue weighted by molar-refractivity contribution is -0.120. The number of nitrogens with one attached hydrogen (secondary N) is 1. The molecule has 1 saturated carbocycles. The van der Waals surface area contributed by atoms with E-state index in [9.17, 15) is 9.90 Å². The van der Waals surface area contributed by atoms with Gasteiger partial charge in [0.15, 0.2) is 0 Å². The van der Waals surface area contributed by atoms with E-state index in [4.69, 9.17) is 0 Å². The van der Waals surface area contributed by atoms with Crippen LogP contribution in [0.15, 0.2) is 24.3 Å². The van der Waals surface area contributed by atoms with Crippen LogP contribution in [0, 0.1) is 5.92 Å². The molecule has 0 heterocycles. The van der Waals surface area contributed by atoms with Crippen molar-refractivity contribution in [2.75, 3.05) is 6.54 Å². The van der Waals surface area contributed by atoms with Gasteiger partial charge in [-0.25, -0.2) is 0 Å². The van der Waals surface area contributed by atoms with E-state index in [1.807, 2.05) is 24.3 Å². The summed E-state index contributed by atoms with van der Waals surface area (Å²) in [4.78, 5) is 11.9. The molecule has 0 aromatic heterocycles. The standard InChI is InChI=1S/C16H23NO2/c18-12-15-9-5-4-8-14(15)10-16(19)17-11-13-6-2-1-3-7-13/h4-5,8-9,13,18H,1-3,6-7,10-12H2,(H,17,19). The van der Waals surface area contributed by atoms with E-state index >= 15 is 0 Å². The summed E-state index contributed by atoms with van der Waals surface area (Å²) in [6.45, 7) is 0.798. The van der Waals surface area contributed by atoms with Gasteiger partial charge in [0.05, 0.1) is 13.0 Å². The third-order valence-corrected chi connectivity index (χ3v) is 3.95. The van der Waals surface area contributed by atoms with E-state index < -0.39 is 0 Å². The van der Waals surface area contributed by atoms with Crippen LogP contribution in [-0.4, -0.2) is 17.6 Å². The fourth-order valence-corrected chi connectivity index (χ4v) is 2.77. The Kier molecular flexibility index (Phi) is 5.40. The first-order chi connectivity index (χ1) is 9.29. The van der Waals surface area contributed by atoms with Gasteiger partial charge in [0.25, 0.3) is 0 Å². The van der Waals surface area contributed by atoms with Crippen molar-refractivity contribution in [3.8, 4) is 0 Å². The molecule has 0 unspecified atom stereocenters. The number of hydrogen-bond donors (Lipinski definition) is 2. The van der Waals surface area contributed by atoms with Gasteiger partial charge >= 0.3 is 0 Å². The number of aliphatic hydroxyl groups excluding tert-OH is 1. The molecule has 0 bridgehead atoms. The predicted molar refractivity (Wildman–Crippen MR) is 75.7 cm³/mol. The number of benzene rings is 1. The monoisotopic (exact) mass is 261 g/mol. The fourth-order valence-electron chi connectivity index (χ4n) is 2.77. The molecule has 2 N–H and O–H groups in total. The minimum atomic E-state index is -0.00786. The molecule has 1 aromatic carbocycles. The molecule has 3 heteroatoms. The maximum Gasteiger partial charge on any atom is 0.224 e. The minimum absolute atomic E-state index is 0.00786. The van der Waals surface area contributed by atoms with Crippen molar-refractivity contribution in [1.29, 1.82) is 0 Å². The van der Waals surface area contributed by atoms with Gasteiger partial charge < -0.3 is 10.4 Å². The van der Waals surface area contributed by atoms with Crippen molar-refractivity contribution in [2.45, 2.75) is 45.1 Å². The molecule has 1 aliphatic carbocycles. The zero-order chi connectivity index (χ0) is 13.5. The van der Waals surface area contributed by atoms with Gasteiger partial charge in [-0.05, 0) is 29.9 Å². The first kappa shape index (κ1) is 14.1. The Morgan fingerprint density at radius 2 is 1.84 bits per heavy atom. The molecule has 3 nitrogen and oxygen atoms in total. The highest BCUT2D eigenvalue weighted by molar-refractivity contribution is 5.78. The summed E-state index contributed by atoms with van der Waals surface area (Å²) in [7, 11) is 0. The Morgan fingerprint density at radius 1 is 1.16 bits per heavy atom. The molecule has 0 atom stereocenters. The van der Waals surface area contributed by atoms with Crippen LogP contribution in [0.5, 0.6) is 0 Å². The normalized spacial score (nSPS) is 16.3. The van der Waals surface area contributed by atoms with E-state index in [0.29, 0.717) is 12.3 Å². The Morgan fingerprint density at radius 3 is 2.53 bits per heavy atom. The number of hydrogen-bond acceptors (Lipinski definition) is 2. The van der Waals surface area contributed by atoms with Crippen molar-refractivity contribution in [3.05, 3.63) is 35.4 Å². The average Bonchev–Trinajstić information content (AvgIpc) is 2.47. The van der Waals surface area contributed by atoms with E-state index in [-0.39, 0.29) is 12.5 Å². The van der Waals surface area contributed by atoms with Crippen LogP contribution in [0.4, 0.5) is 0 Å². The molecule has 19 heavy (non-hydrogen) atoms. The summed E-state index contributed by atoms with van der Waals surface area (Å²) in [6.07, 6.45) is 6.79. The van der Waals surface area contributed by atoms with Crippen LogP contribution in [0.2, 0.25) is 0 Å². The SMILES string of the molecule is O=C(Cc1ccccc1CO)NCC1CCCCC1. The number of carbonyl (C=O) groups is 1. The number of amides is 1. The van der Waals surface area contributed by atoms with Crippen molar-refractivity contribution >= 4 is 5.91 Å². The zero-order valence-electron chi connectivity index (χ0n) is 11.4. The lowest BCUT2D eigenvalue weighted by Gasteiger charge is -2.21. The Hall–Kier alpha value is -1.35. The number of aliphatic hydroxyl groups is 1. The van der Waals surface area contributed by atoms with Crippen LogP contribution in [-0.2, 0) is 17.8 Å². The lowest BCUT2D eigenvalue weighted by atomic mass is 9.89. The summed E-state index contributed by atoms with van der Waals surface area (Å²) in [6, 6.07) is 7.56. The maximum atomic E-state index is 11.9. The molecular formula is C16H23NO2. The molecule has 1 amide bonds. The van der Waals surface area contributed by atoms with Gasteiger partial charge in [-0.3, -0.25) is 4.79 Å². The van der Waals surface area contributed by atoms with Crippen molar-refractivity contribution in [2.24, 2.45) is 5.92 Å². The second kappa shape index (κ2) is 7.29. The first-order valence-corrected chi connectivity index (χ1v) is 7.24. The molecule has 1 aromatic rings. The summed E-state index contributed by atoms with van der Waals surface area (Å²) in [5.41, 5.74) is 1.77. The highest BCUT2D eigenvalue weighted by Gasteiger charge is 2.14. The highest BCUT2D eigenvalue weighted by Crippen LogP contribution is 2.22. The second-order valence-electron chi connectivity index (χ2n) is 5.41. The maximum absolute atomic E-state index is 11.9. The van der Waals surface area contributed by atoms with E-state index in [2.05, 4.69) is 5.32 Å². The second-order valence-corrected chi connectivity index (χ2v) is 5.41. The molecule has 2 rings (SSSR count). The lowest BCUT2D eigenvalue weighted by Crippen LogP contribution is -2.31. The van der Waals surface area contributed by atoms with Gasteiger partial charge in [0.2, 0.25) is 5.91 Å². The molecule has 0 radical (unpaired) electrons. The van der Waals surface area contributed by atoms with Crippen LogP contribution in [0.25, 0.3) is 0 Å². The van der Waals surface area contributed by atoms with Crippen LogP contribution in [0.3, 0.4) is 0 Å². The van der Waals surface area contributed by atoms with E-state index in [1.54, 1.807) is 0 Å². The van der Waals surface area contributed by atoms with Gasteiger partial charge in [-0.1, -0.05) is 43.5 Å². The molecule has 1 fully saturated rings. The largest absolute Gasteiger partial charge is 0.392 e. The minimum Gasteiger partial charge on any atom is -0.392 e. The fraction of sp³-hybridized carbons (Fsp3) is 0.562. The smallest absolute Gasteiger partial charge is 0.224 e. The molecule has 0 aliphatic heterocycles. The summed E-state index contributed by atoms with van der Waals surface area (Å²) in [5, 5.41) is 12.3. The van der Waals surface area contributed by atoms with E-state index in [0.717, 1.165) is 17.7 Å². The molecular weight excluding hydrogens is 238 g/mol. The number of carbonyl (C=O) groups excluding carboxylic acids is 1. The van der Waals surface area contributed by atoms with Gasteiger partial charge in [-0.2, -0.15) is 0 Å². The predicted octanol–water partition coefficient (Wildman–Crippen LogP) is 2.42. The van der Waals surface area contributed by atoms with Crippen molar-refractivity contribution in [3.63, 3.8) is 0 Å². The van der Waals surface area contributed by atoms with Crippen LogP contribution >= 0.6 is 0 Å². The summed E-state index contributed by atoms with van der Waals surface area (Å²) in [5.74, 6) is 0.720. The first-order valence-electron chi connectivity index (χ1n) is 7.24. The van der Waals surface area contributed by atoms with Gasteiger partial charge in [0.1, 0.15) is 0 Å². The zero-order valence-corrected chi connectivity index (χ0v) is 11.4. The third-order valence-electron chi connectivity index (χ3n) is 3.95. The van der Waals surface area contributed by atoms with Crippen LogP contribution < -0.4 is 5.32 Å². The van der Waals surface area contributed by atoms with Crippen molar-refractivity contribution in [1.82, 2.24) is 5.32 Å². The summed E-state index contributed by atoms with van der Waals surface area (Å²) < 4.78 is 0. The topological polar surface area (TPSA) is 49.3 Å². The van der Waals surface area contributed by atoms with Gasteiger partial charge in [0, 0.05) is 6.54 Å². The molecule has 0 saturated heterocycles. The number of rotatable bonds is 5. The van der Waals surface area contributed by atoms with Gasteiger partial charge in [-0.15, -0.1) is 0 Å². The molecule has 1 aliphatic rings. The highest BCUT2D eigenvalue weighted by atomic mass is 16.3. The average molecular weight is 261 g/mol. The molecule has 0 spiro atoms. The van der Waals surface area contributed by atoms with E-state index in [1.165, 1.54) is 32.1 Å². The molecule has 104 valence electrons. The Labute approximate surface area is 115 Å². The third kappa shape index (κ3) is 4.35. The quantitative estimate of drug-likeness (QED) is 0.855. The summed E-state index contributed by atoms with van der Waals surface area (Å²) >= 11 is 0. The van der Waals surface area contributed by atoms with Crippen LogP contribution in [0.1, 0.15) is 43.2 Å². The Balaban J connectivity index is 1.80.